The Hall–Kier alpha value is -2.48. The number of halogens is 1. The first-order chi connectivity index (χ1) is 11.9. The summed E-state index contributed by atoms with van der Waals surface area (Å²) in [5.41, 5.74) is -0.793. The molecule has 1 atom stereocenters. The third kappa shape index (κ3) is 3.96. The van der Waals surface area contributed by atoms with Gasteiger partial charge in [-0.05, 0) is 30.5 Å². The number of benzene rings is 1. The zero-order chi connectivity index (χ0) is 18.4. The van der Waals surface area contributed by atoms with Gasteiger partial charge in [-0.15, -0.1) is 0 Å². The number of amides is 4. The zero-order valence-corrected chi connectivity index (χ0v) is 14.3. The first-order valence-corrected chi connectivity index (χ1v) is 8.10. The van der Waals surface area contributed by atoms with E-state index in [1.807, 2.05) is 0 Å². The average molecular weight is 351 g/mol. The van der Waals surface area contributed by atoms with Crippen LogP contribution >= 0.6 is 0 Å². The van der Waals surface area contributed by atoms with Crippen LogP contribution in [0.2, 0.25) is 0 Å². The lowest BCUT2D eigenvalue weighted by Crippen LogP contribution is -2.45. The average Bonchev–Trinajstić information content (AvgIpc) is 2.84. The Kier molecular flexibility index (Phi) is 6.08. The molecule has 0 aliphatic carbocycles. The minimum absolute atomic E-state index is 0.287. The Morgan fingerprint density at radius 2 is 2.00 bits per heavy atom. The summed E-state index contributed by atoms with van der Waals surface area (Å²) in [4.78, 5) is 37.9. The molecule has 1 unspecified atom stereocenters. The van der Waals surface area contributed by atoms with Crippen molar-refractivity contribution in [2.24, 2.45) is 0 Å². The smallest absolute Gasteiger partial charge is 0.325 e. The minimum atomic E-state index is -1.28. The van der Waals surface area contributed by atoms with Crippen molar-refractivity contribution in [1.29, 1.82) is 0 Å². The molecule has 1 heterocycles. The summed E-state index contributed by atoms with van der Waals surface area (Å²) in [6.07, 6.45) is 0.923. The molecule has 8 heteroatoms. The third-order valence-electron chi connectivity index (χ3n) is 4.19. The van der Waals surface area contributed by atoms with Crippen molar-refractivity contribution in [3.05, 3.63) is 35.6 Å². The molecule has 2 rings (SSSR count). The molecule has 0 aromatic heterocycles. The Morgan fingerprint density at radius 3 is 2.60 bits per heavy atom. The number of carbonyl (C=O) groups excluding carboxylic acids is 3. The number of nitrogens with zero attached hydrogens (tertiary/aromatic N) is 1. The van der Waals surface area contributed by atoms with Gasteiger partial charge in [-0.1, -0.05) is 19.1 Å². The highest BCUT2D eigenvalue weighted by atomic mass is 19.1. The van der Waals surface area contributed by atoms with Gasteiger partial charge in [0.1, 0.15) is 17.9 Å². The number of imide groups is 1. The fourth-order valence-corrected chi connectivity index (χ4v) is 2.79. The van der Waals surface area contributed by atoms with E-state index in [9.17, 15) is 18.8 Å². The molecule has 1 aliphatic rings. The maximum absolute atomic E-state index is 13.2. The fraction of sp³-hybridized carbons (Fsp3) is 0.471. The molecule has 2 N–H and O–H groups in total. The summed E-state index contributed by atoms with van der Waals surface area (Å²) in [5, 5.41) is 5.29. The second-order valence-corrected chi connectivity index (χ2v) is 5.78. The molecule has 1 aromatic rings. The predicted molar refractivity (Wildman–Crippen MR) is 88.1 cm³/mol. The van der Waals surface area contributed by atoms with E-state index in [0.29, 0.717) is 25.1 Å². The fourth-order valence-electron chi connectivity index (χ4n) is 2.79. The lowest BCUT2D eigenvalue weighted by Gasteiger charge is -2.25. The molecule has 136 valence electrons. The van der Waals surface area contributed by atoms with Crippen molar-refractivity contribution in [2.75, 3.05) is 26.8 Å². The van der Waals surface area contributed by atoms with Gasteiger partial charge >= 0.3 is 6.03 Å². The molecular weight excluding hydrogens is 329 g/mol. The van der Waals surface area contributed by atoms with Gasteiger partial charge in [0.05, 0.1) is 0 Å². The highest BCUT2D eigenvalue weighted by Gasteiger charge is 2.51. The van der Waals surface area contributed by atoms with Gasteiger partial charge in [0.15, 0.2) is 0 Å². The minimum Gasteiger partial charge on any atom is -0.385 e. The highest BCUT2D eigenvalue weighted by molar-refractivity contribution is 6.09. The van der Waals surface area contributed by atoms with Crippen LogP contribution in [-0.2, 0) is 19.9 Å². The normalized spacial score (nSPS) is 19.9. The van der Waals surface area contributed by atoms with E-state index in [-0.39, 0.29) is 13.0 Å². The van der Waals surface area contributed by atoms with E-state index < -0.39 is 29.2 Å². The van der Waals surface area contributed by atoms with Crippen molar-refractivity contribution in [3.8, 4) is 0 Å². The van der Waals surface area contributed by atoms with Crippen molar-refractivity contribution in [2.45, 2.75) is 25.3 Å². The maximum Gasteiger partial charge on any atom is 0.325 e. The summed E-state index contributed by atoms with van der Waals surface area (Å²) < 4.78 is 18.0. The van der Waals surface area contributed by atoms with Gasteiger partial charge in [0, 0.05) is 20.3 Å². The number of methoxy groups -OCH3 is 1. The van der Waals surface area contributed by atoms with E-state index in [0.717, 1.165) is 4.90 Å². The number of urea groups is 1. The third-order valence-corrected chi connectivity index (χ3v) is 4.19. The molecule has 4 amide bonds. The van der Waals surface area contributed by atoms with Crippen LogP contribution in [0.25, 0.3) is 0 Å². The van der Waals surface area contributed by atoms with Crippen LogP contribution in [0.15, 0.2) is 24.3 Å². The van der Waals surface area contributed by atoms with E-state index >= 15 is 0 Å². The summed E-state index contributed by atoms with van der Waals surface area (Å²) in [6.45, 7) is 2.29. The molecule has 25 heavy (non-hydrogen) atoms. The van der Waals surface area contributed by atoms with E-state index in [4.69, 9.17) is 4.74 Å². The van der Waals surface area contributed by atoms with Crippen molar-refractivity contribution in [1.82, 2.24) is 15.5 Å². The topological polar surface area (TPSA) is 87.7 Å². The molecular formula is C17H22FN3O4. The molecule has 1 fully saturated rings. The molecule has 0 saturated carbocycles. The largest absolute Gasteiger partial charge is 0.385 e. The van der Waals surface area contributed by atoms with Crippen LogP contribution in [0.1, 0.15) is 25.3 Å². The molecule has 1 aliphatic heterocycles. The van der Waals surface area contributed by atoms with Crippen molar-refractivity contribution in [3.63, 3.8) is 0 Å². The van der Waals surface area contributed by atoms with Crippen LogP contribution in [0.4, 0.5) is 9.18 Å². The van der Waals surface area contributed by atoms with Crippen LogP contribution in [0, 0.1) is 5.82 Å². The van der Waals surface area contributed by atoms with Gasteiger partial charge in [-0.3, -0.25) is 14.5 Å². The molecule has 7 nitrogen and oxygen atoms in total. The lowest BCUT2D eigenvalue weighted by atomic mass is 9.87. The second-order valence-electron chi connectivity index (χ2n) is 5.78. The molecule has 0 bridgehead atoms. The number of ether oxygens (including phenoxy) is 1. The standard InChI is InChI=1S/C17H22FN3O4/c1-3-17(12-5-7-13(18)8-6-12)15(23)21(16(24)20-17)11-14(22)19-9-4-10-25-2/h5-8H,3-4,9-11H2,1-2H3,(H,19,22)(H,20,24). The lowest BCUT2D eigenvalue weighted by molar-refractivity contribution is -0.135. The van der Waals surface area contributed by atoms with Gasteiger partial charge in [0.2, 0.25) is 5.91 Å². The Balaban J connectivity index is 2.09. The van der Waals surface area contributed by atoms with Gasteiger partial charge in [-0.25, -0.2) is 9.18 Å². The van der Waals surface area contributed by atoms with Crippen LogP contribution in [0.3, 0.4) is 0 Å². The Bertz CT molecular complexity index is 650. The second kappa shape index (κ2) is 8.06. The molecule has 0 radical (unpaired) electrons. The van der Waals surface area contributed by atoms with Crippen molar-refractivity contribution < 1.29 is 23.5 Å². The Labute approximate surface area is 145 Å². The summed E-state index contributed by atoms with van der Waals surface area (Å²) in [7, 11) is 1.56. The highest BCUT2D eigenvalue weighted by Crippen LogP contribution is 2.32. The van der Waals surface area contributed by atoms with Gasteiger partial charge < -0.3 is 15.4 Å². The monoisotopic (exact) mass is 351 g/mol. The number of carbonyl (C=O) groups is 3. The quantitative estimate of drug-likeness (QED) is 0.543. The maximum atomic E-state index is 13.2. The first kappa shape index (κ1) is 18.9. The molecule has 1 saturated heterocycles. The molecule has 1 aromatic carbocycles. The summed E-state index contributed by atoms with van der Waals surface area (Å²) >= 11 is 0. The molecule has 0 spiro atoms. The van der Waals surface area contributed by atoms with Crippen LogP contribution in [-0.4, -0.2) is 49.6 Å². The SMILES string of the molecule is CCC1(c2ccc(F)cc2)NC(=O)N(CC(=O)NCCCOC)C1=O. The Morgan fingerprint density at radius 1 is 1.32 bits per heavy atom. The van der Waals surface area contributed by atoms with E-state index in [1.54, 1.807) is 14.0 Å². The van der Waals surface area contributed by atoms with Gasteiger partial charge in [-0.2, -0.15) is 0 Å². The number of hydrogen-bond donors (Lipinski definition) is 2. The van der Waals surface area contributed by atoms with Gasteiger partial charge in [0.25, 0.3) is 5.91 Å². The van der Waals surface area contributed by atoms with E-state index in [2.05, 4.69) is 10.6 Å². The zero-order valence-electron chi connectivity index (χ0n) is 14.3. The van der Waals surface area contributed by atoms with E-state index in [1.165, 1.54) is 24.3 Å². The predicted octanol–water partition coefficient (Wildman–Crippen LogP) is 1.14. The first-order valence-electron chi connectivity index (χ1n) is 8.10. The summed E-state index contributed by atoms with van der Waals surface area (Å²) in [6, 6.07) is 4.76. The number of nitrogens with one attached hydrogen (secondary N) is 2. The van der Waals surface area contributed by atoms with Crippen LogP contribution in [0.5, 0.6) is 0 Å². The van der Waals surface area contributed by atoms with Crippen molar-refractivity contribution >= 4 is 17.8 Å². The summed E-state index contributed by atoms with van der Waals surface area (Å²) in [5.74, 6) is -1.37. The number of hydrogen-bond acceptors (Lipinski definition) is 4. The van der Waals surface area contributed by atoms with Crippen LogP contribution < -0.4 is 10.6 Å². The number of rotatable bonds is 8.